The number of fused-ring (bicyclic) bond motifs is 1. The average Bonchev–Trinajstić information content (AvgIpc) is 2.99. The lowest BCUT2D eigenvalue weighted by molar-refractivity contribution is 0.0941. The molecule has 1 unspecified atom stereocenters. The van der Waals surface area contributed by atoms with Gasteiger partial charge in [-0.2, -0.15) is 0 Å². The summed E-state index contributed by atoms with van der Waals surface area (Å²) in [4.78, 5) is 7.82. The number of aromatic nitrogens is 1. The summed E-state index contributed by atoms with van der Waals surface area (Å²) < 4.78 is 19.5. The van der Waals surface area contributed by atoms with Crippen LogP contribution in [0.25, 0.3) is 11.1 Å². The molecule has 1 atom stereocenters. The molecule has 4 rings (SSSR count). The number of hydrogen-bond donors (Lipinski definition) is 0. The smallest absolute Gasteiger partial charge is 0.200 e. The zero-order valence-corrected chi connectivity index (χ0v) is 18.3. The number of hydrogen-bond acceptors (Lipinski definition) is 4. The Bertz CT molecular complexity index is 874. The molecule has 0 amide bonds. The van der Waals surface area contributed by atoms with Crippen molar-refractivity contribution in [2.75, 3.05) is 13.1 Å². The average molecular weight is 409 g/mol. The first-order chi connectivity index (χ1) is 12.7. The van der Waals surface area contributed by atoms with Crippen LogP contribution in [0.4, 0.5) is 0 Å². The maximum absolute atomic E-state index is 13.7. The molecule has 1 aliphatic carbocycles. The molecule has 6 heteroatoms. The van der Waals surface area contributed by atoms with E-state index >= 15 is 0 Å². The van der Waals surface area contributed by atoms with Crippen molar-refractivity contribution in [2.45, 2.75) is 80.9 Å². The van der Waals surface area contributed by atoms with Crippen LogP contribution in [0.15, 0.2) is 21.4 Å². The van der Waals surface area contributed by atoms with E-state index < -0.39 is 10.8 Å². The lowest BCUT2D eigenvalue weighted by Gasteiger charge is -2.45. The van der Waals surface area contributed by atoms with E-state index in [1.54, 1.807) is 6.07 Å². The first-order valence-corrected chi connectivity index (χ1v) is 11.5. The SMILES string of the molecule is CC(C)(C)c1nc2ccc(Cl)c(S(=O)C3(C)CCN(C4CCC4)CC3)c2o1. The largest absolute Gasteiger partial charge is 0.439 e. The van der Waals surface area contributed by atoms with Crippen molar-refractivity contribution in [3.05, 3.63) is 23.0 Å². The first kappa shape index (κ1) is 19.4. The Balaban J connectivity index is 1.65. The number of rotatable bonds is 3. The molecule has 1 aromatic heterocycles. The van der Waals surface area contributed by atoms with E-state index in [9.17, 15) is 4.21 Å². The maximum Gasteiger partial charge on any atom is 0.200 e. The van der Waals surface area contributed by atoms with Gasteiger partial charge in [0.25, 0.3) is 0 Å². The van der Waals surface area contributed by atoms with Crippen LogP contribution in [-0.4, -0.2) is 38.0 Å². The summed E-state index contributed by atoms with van der Waals surface area (Å²) in [7, 11) is -1.24. The molecule has 0 radical (unpaired) electrons. The van der Waals surface area contributed by atoms with Crippen LogP contribution in [0.5, 0.6) is 0 Å². The summed E-state index contributed by atoms with van der Waals surface area (Å²) in [6.07, 6.45) is 5.83. The summed E-state index contributed by atoms with van der Waals surface area (Å²) in [6.45, 7) is 10.4. The number of halogens is 1. The lowest BCUT2D eigenvalue weighted by Crippen LogP contribution is -2.50. The molecular formula is C21H29ClN2O2S. The molecule has 1 aliphatic heterocycles. The van der Waals surface area contributed by atoms with Crippen molar-refractivity contribution >= 4 is 33.5 Å². The standard InChI is InChI=1S/C21H29ClN2O2S/c1-20(2,3)19-23-16-9-8-15(22)18(17(16)26-19)27(25)21(4)10-12-24(13-11-21)14-6-5-7-14/h8-9,14H,5-7,10-13H2,1-4H3. The number of piperidine rings is 1. The minimum Gasteiger partial charge on any atom is -0.439 e. The number of benzene rings is 1. The Morgan fingerprint density at radius 1 is 1.26 bits per heavy atom. The summed E-state index contributed by atoms with van der Waals surface area (Å²) in [6, 6.07) is 4.41. The van der Waals surface area contributed by atoms with Gasteiger partial charge in [-0.25, -0.2) is 4.98 Å². The van der Waals surface area contributed by atoms with Crippen LogP contribution >= 0.6 is 11.6 Å². The fourth-order valence-corrected chi connectivity index (χ4v) is 5.95. The highest BCUT2D eigenvalue weighted by molar-refractivity contribution is 7.86. The molecule has 0 bridgehead atoms. The normalized spacial score (nSPS) is 22.7. The second kappa shape index (κ2) is 6.85. The van der Waals surface area contributed by atoms with Crippen LogP contribution < -0.4 is 0 Å². The van der Waals surface area contributed by atoms with E-state index in [2.05, 4.69) is 37.6 Å². The van der Waals surface area contributed by atoms with Gasteiger partial charge in [0, 0.05) is 11.5 Å². The third-order valence-corrected chi connectivity index (χ3v) is 8.69. The molecule has 2 aromatic rings. The summed E-state index contributed by atoms with van der Waals surface area (Å²) >= 11 is 6.52. The highest BCUT2D eigenvalue weighted by atomic mass is 35.5. The monoisotopic (exact) mass is 408 g/mol. The van der Waals surface area contributed by atoms with Gasteiger partial charge in [0.15, 0.2) is 5.58 Å². The number of oxazole rings is 1. The highest BCUT2D eigenvalue weighted by Gasteiger charge is 2.41. The van der Waals surface area contributed by atoms with E-state index in [4.69, 9.17) is 16.0 Å². The van der Waals surface area contributed by atoms with Crippen molar-refractivity contribution in [3.8, 4) is 0 Å². The minimum absolute atomic E-state index is 0.206. The molecule has 2 fully saturated rings. The zero-order valence-electron chi connectivity index (χ0n) is 16.7. The van der Waals surface area contributed by atoms with Gasteiger partial charge >= 0.3 is 0 Å². The molecule has 1 aromatic carbocycles. The van der Waals surface area contributed by atoms with Gasteiger partial charge in [0.2, 0.25) is 5.89 Å². The summed E-state index contributed by atoms with van der Waals surface area (Å²) in [5, 5.41) is 0.514. The number of likely N-dealkylation sites (tertiary alicyclic amines) is 1. The van der Waals surface area contributed by atoms with Gasteiger partial charge < -0.3 is 9.32 Å². The van der Waals surface area contributed by atoms with Gasteiger partial charge in [-0.15, -0.1) is 0 Å². The van der Waals surface area contributed by atoms with Gasteiger partial charge in [0.05, 0.1) is 20.6 Å². The van der Waals surface area contributed by atoms with E-state index in [0.717, 1.165) is 37.5 Å². The second-order valence-corrected chi connectivity index (χ2v) is 11.7. The molecule has 148 valence electrons. The second-order valence-electron chi connectivity index (χ2n) is 9.33. The van der Waals surface area contributed by atoms with Crippen LogP contribution in [-0.2, 0) is 16.2 Å². The fraction of sp³-hybridized carbons (Fsp3) is 0.667. The molecule has 2 aliphatic rings. The Hall–Kier alpha value is -0.910. The Kier molecular flexibility index (Phi) is 4.93. The lowest BCUT2D eigenvalue weighted by atomic mass is 9.88. The van der Waals surface area contributed by atoms with Gasteiger partial charge in [0.1, 0.15) is 10.4 Å². The Morgan fingerprint density at radius 2 is 1.93 bits per heavy atom. The summed E-state index contributed by atoms with van der Waals surface area (Å²) in [5.74, 6) is 0.656. The molecule has 27 heavy (non-hydrogen) atoms. The number of nitrogens with zero attached hydrogens (tertiary/aromatic N) is 2. The molecular weight excluding hydrogens is 380 g/mol. The van der Waals surface area contributed by atoms with Crippen molar-refractivity contribution in [3.63, 3.8) is 0 Å². The van der Waals surface area contributed by atoms with E-state index in [1.807, 2.05) is 6.07 Å². The van der Waals surface area contributed by atoms with Crippen LogP contribution in [0.2, 0.25) is 5.02 Å². The van der Waals surface area contributed by atoms with Crippen molar-refractivity contribution in [1.29, 1.82) is 0 Å². The van der Waals surface area contributed by atoms with Gasteiger partial charge in [-0.1, -0.05) is 38.8 Å². The molecule has 2 heterocycles. The van der Waals surface area contributed by atoms with Crippen LogP contribution in [0, 0.1) is 0 Å². The third-order valence-electron chi connectivity index (χ3n) is 6.19. The summed E-state index contributed by atoms with van der Waals surface area (Å²) in [5.41, 5.74) is 1.12. The van der Waals surface area contributed by atoms with E-state index in [1.165, 1.54) is 19.3 Å². The van der Waals surface area contributed by atoms with E-state index in [-0.39, 0.29) is 10.2 Å². The maximum atomic E-state index is 13.7. The Morgan fingerprint density at radius 3 is 2.48 bits per heavy atom. The van der Waals surface area contributed by atoms with Crippen molar-refractivity contribution < 1.29 is 8.63 Å². The predicted molar refractivity (Wildman–Crippen MR) is 111 cm³/mol. The third kappa shape index (κ3) is 3.47. The molecule has 0 N–H and O–H groups in total. The predicted octanol–water partition coefficient (Wildman–Crippen LogP) is 5.29. The van der Waals surface area contributed by atoms with Crippen LogP contribution in [0.3, 0.4) is 0 Å². The molecule has 1 saturated carbocycles. The fourth-order valence-electron chi connectivity index (χ4n) is 3.98. The van der Waals surface area contributed by atoms with Gasteiger partial charge in [-0.3, -0.25) is 4.21 Å². The Labute approximate surface area is 169 Å². The molecule has 1 saturated heterocycles. The van der Waals surface area contributed by atoms with Crippen molar-refractivity contribution in [1.82, 2.24) is 9.88 Å². The molecule has 4 nitrogen and oxygen atoms in total. The topological polar surface area (TPSA) is 46.3 Å². The zero-order chi connectivity index (χ0) is 19.4. The first-order valence-electron chi connectivity index (χ1n) is 9.94. The minimum atomic E-state index is -1.24. The van der Waals surface area contributed by atoms with Crippen molar-refractivity contribution in [2.24, 2.45) is 0 Å². The van der Waals surface area contributed by atoms with Crippen LogP contribution in [0.1, 0.15) is 65.7 Å². The quantitative estimate of drug-likeness (QED) is 0.691. The molecule has 0 spiro atoms. The van der Waals surface area contributed by atoms with Gasteiger partial charge in [-0.05, 0) is 57.8 Å². The highest BCUT2D eigenvalue weighted by Crippen LogP contribution is 2.40. The van der Waals surface area contributed by atoms with E-state index in [0.29, 0.717) is 21.4 Å².